The molecule has 1 N–H and O–H groups in total. The average molecular weight is 334 g/mol. The number of halogens is 1. The molecule has 0 bridgehead atoms. The van der Waals surface area contributed by atoms with Crippen molar-refractivity contribution in [1.29, 1.82) is 0 Å². The van der Waals surface area contributed by atoms with E-state index in [0.29, 0.717) is 36.1 Å². The molecule has 0 unspecified atom stereocenters. The second-order valence-corrected chi connectivity index (χ2v) is 5.29. The molecule has 0 atom stereocenters. The zero-order valence-electron chi connectivity index (χ0n) is 13.3. The summed E-state index contributed by atoms with van der Waals surface area (Å²) in [6.45, 7) is 5.42. The van der Waals surface area contributed by atoms with Crippen LogP contribution in [0.4, 0.5) is 5.69 Å². The number of amides is 1. The fourth-order valence-electron chi connectivity index (χ4n) is 2.11. The van der Waals surface area contributed by atoms with E-state index >= 15 is 0 Å². The van der Waals surface area contributed by atoms with Gasteiger partial charge in [0.05, 0.1) is 13.2 Å². The second-order valence-electron chi connectivity index (χ2n) is 4.86. The van der Waals surface area contributed by atoms with Crippen molar-refractivity contribution < 1.29 is 14.3 Å². The lowest BCUT2D eigenvalue weighted by Crippen LogP contribution is -2.12. The molecule has 2 aromatic rings. The third kappa shape index (κ3) is 4.98. The van der Waals surface area contributed by atoms with E-state index < -0.39 is 0 Å². The van der Waals surface area contributed by atoms with Gasteiger partial charge in [0.25, 0.3) is 5.91 Å². The first-order chi connectivity index (χ1) is 11.1. The van der Waals surface area contributed by atoms with Crippen LogP contribution in [0.2, 0.25) is 5.02 Å². The normalized spacial score (nSPS) is 10.4. The smallest absolute Gasteiger partial charge is 0.255 e. The molecule has 0 radical (unpaired) electrons. The van der Waals surface area contributed by atoms with Gasteiger partial charge in [-0.25, -0.2) is 0 Å². The lowest BCUT2D eigenvalue weighted by molar-refractivity contribution is 0.102. The quantitative estimate of drug-likeness (QED) is 0.810. The molecule has 0 aliphatic carbocycles. The Balaban J connectivity index is 2.19. The number of nitrogens with one attached hydrogen (secondary N) is 1. The minimum Gasteiger partial charge on any atom is -0.494 e. The first kappa shape index (κ1) is 17.3. The second kappa shape index (κ2) is 8.56. The van der Waals surface area contributed by atoms with Gasteiger partial charge in [-0.3, -0.25) is 4.79 Å². The highest BCUT2D eigenvalue weighted by Crippen LogP contribution is 2.22. The van der Waals surface area contributed by atoms with Crippen LogP contribution in [0.15, 0.2) is 42.5 Å². The molecule has 122 valence electrons. The number of carbonyl (C=O) groups is 1. The van der Waals surface area contributed by atoms with Crippen molar-refractivity contribution >= 4 is 23.2 Å². The lowest BCUT2D eigenvalue weighted by atomic mass is 10.1. The van der Waals surface area contributed by atoms with Crippen LogP contribution >= 0.6 is 11.6 Å². The van der Waals surface area contributed by atoms with E-state index in [2.05, 4.69) is 5.32 Å². The molecular weight excluding hydrogens is 314 g/mol. The van der Waals surface area contributed by atoms with E-state index in [9.17, 15) is 4.79 Å². The average Bonchev–Trinajstić information content (AvgIpc) is 2.54. The Hall–Kier alpha value is -2.04. The highest BCUT2D eigenvalue weighted by molar-refractivity contribution is 6.30. The van der Waals surface area contributed by atoms with Crippen LogP contribution in [0.25, 0.3) is 0 Å². The number of rotatable bonds is 7. The van der Waals surface area contributed by atoms with Crippen molar-refractivity contribution in [2.75, 3.05) is 18.5 Å². The van der Waals surface area contributed by atoms with Crippen LogP contribution in [0, 0.1) is 0 Å². The number of ether oxygens (including phenoxy) is 2. The standard InChI is InChI=1S/C18H20ClNO3/c1-3-22-12-14-10-13(8-9-17(14)23-4-2)18(21)20-16-7-5-6-15(19)11-16/h5-11H,3-4,12H2,1-2H3,(H,20,21). The molecule has 0 aromatic heterocycles. The van der Waals surface area contributed by atoms with Crippen molar-refractivity contribution in [3.05, 3.63) is 58.6 Å². The number of benzene rings is 2. The monoisotopic (exact) mass is 333 g/mol. The van der Waals surface area contributed by atoms with Crippen LogP contribution in [-0.2, 0) is 11.3 Å². The summed E-state index contributed by atoms with van der Waals surface area (Å²) in [6, 6.07) is 12.4. The van der Waals surface area contributed by atoms with Crippen LogP contribution in [0.1, 0.15) is 29.8 Å². The topological polar surface area (TPSA) is 47.6 Å². The fourth-order valence-corrected chi connectivity index (χ4v) is 2.30. The Labute approximate surface area is 141 Å². The summed E-state index contributed by atoms with van der Waals surface area (Å²) in [4.78, 5) is 12.4. The Morgan fingerprint density at radius 3 is 2.65 bits per heavy atom. The Morgan fingerprint density at radius 1 is 1.13 bits per heavy atom. The molecule has 0 aliphatic rings. The zero-order chi connectivity index (χ0) is 16.7. The van der Waals surface area contributed by atoms with Gasteiger partial charge in [0.15, 0.2) is 0 Å². The highest BCUT2D eigenvalue weighted by Gasteiger charge is 2.11. The molecule has 0 spiro atoms. The predicted molar refractivity (Wildman–Crippen MR) is 92.3 cm³/mol. The molecule has 23 heavy (non-hydrogen) atoms. The van der Waals surface area contributed by atoms with Gasteiger partial charge in [-0.05, 0) is 50.2 Å². The maximum absolute atomic E-state index is 12.4. The van der Waals surface area contributed by atoms with Crippen LogP contribution in [0.3, 0.4) is 0 Å². The van der Waals surface area contributed by atoms with Crippen molar-refractivity contribution in [3.8, 4) is 5.75 Å². The number of hydrogen-bond donors (Lipinski definition) is 1. The van der Waals surface area contributed by atoms with E-state index in [0.717, 1.165) is 11.3 Å². The van der Waals surface area contributed by atoms with E-state index in [-0.39, 0.29) is 5.91 Å². The molecule has 2 aromatic carbocycles. The van der Waals surface area contributed by atoms with E-state index in [1.54, 1.807) is 42.5 Å². The summed E-state index contributed by atoms with van der Waals surface area (Å²) in [5.41, 5.74) is 2.05. The van der Waals surface area contributed by atoms with Crippen LogP contribution < -0.4 is 10.1 Å². The molecular formula is C18H20ClNO3. The summed E-state index contributed by atoms with van der Waals surface area (Å²) in [5, 5.41) is 3.40. The predicted octanol–water partition coefficient (Wildman–Crippen LogP) is 4.53. The maximum Gasteiger partial charge on any atom is 0.255 e. The summed E-state index contributed by atoms with van der Waals surface area (Å²) in [6.07, 6.45) is 0. The Kier molecular flexibility index (Phi) is 6.44. The molecule has 1 amide bonds. The third-order valence-corrected chi connectivity index (χ3v) is 3.40. The summed E-state index contributed by atoms with van der Waals surface area (Å²) >= 11 is 5.93. The SMILES string of the molecule is CCOCc1cc(C(=O)Nc2cccc(Cl)c2)ccc1OCC. The number of carbonyl (C=O) groups excluding carboxylic acids is 1. The number of hydrogen-bond acceptors (Lipinski definition) is 3. The van der Waals surface area contributed by atoms with Crippen LogP contribution in [0.5, 0.6) is 5.75 Å². The van der Waals surface area contributed by atoms with E-state index in [1.165, 1.54) is 0 Å². The molecule has 5 heteroatoms. The summed E-state index contributed by atoms with van der Waals surface area (Å²) in [7, 11) is 0. The van der Waals surface area contributed by atoms with Gasteiger partial charge < -0.3 is 14.8 Å². The summed E-state index contributed by atoms with van der Waals surface area (Å²) in [5.74, 6) is 0.535. The van der Waals surface area contributed by atoms with Gasteiger partial charge >= 0.3 is 0 Å². The van der Waals surface area contributed by atoms with Gasteiger partial charge in [0, 0.05) is 28.4 Å². The van der Waals surface area contributed by atoms with Crippen LogP contribution in [-0.4, -0.2) is 19.1 Å². The largest absolute Gasteiger partial charge is 0.494 e. The molecule has 0 aliphatic heterocycles. The van der Waals surface area contributed by atoms with Gasteiger partial charge in [-0.1, -0.05) is 17.7 Å². The van der Waals surface area contributed by atoms with Crippen molar-refractivity contribution in [3.63, 3.8) is 0 Å². The summed E-state index contributed by atoms with van der Waals surface area (Å²) < 4.78 is 11.0. The van der Waals surface area contributed by atoms with E-state index in [1.807, 2.05) is 13.8 Å². The van der Waals surface area contributed by atoms with Crippen molar-refractivity contribution in [2.24, 2.45) is 0 Å². The van der Waals surface area contributed by atoms with Crippen molar-refractivity contribution in [2.45, 2.75) is 20.5 Å². The minimum atomic E-state index is -0.201. The molecule has 0 saturated carbocycles. The minimum absolute atomic E-state index is 0.201. The molecule has 0 fully saturated rings. The molecule has 2 rings (SSSR count). The fraction of sp³-hybridized carbons (Fsp3) is 0.278. The first-order valence-electron chi connectivity index (χ1n) is 7.54. The first-order valence-corrected chi connectivity index (χ1v) is 7.92. The van der Waals surface area contributed by atoms with Gasteiger partial charge in [-0.2, -0.15) is 0 Å². The maximum atomic E-state index is 12.4. The highest BCUT2D eigenvalue weighted by atomic mass is 35.5. The zero-order valence-corrected chi connectivity index (χ0v) is 14.0. The van der Waals surface area contributed by atoms with E-state index in [4.69, 9.17) is 21.1 Å². The Morgan fingerprint density at radius 2 is 1.96 bits per heavy atom. The van der Waals surface area contributed by atoms with Gasteiger partial charge in [0.1, 0.15) is 5.75 Å². The Bertz CT molecular complexity index is 673. The van der Waals surface area contributed by atoms with Gasteiger partial charge in [-0.15, -0.1) is 0 Å². The molecule has 4 nitrogen and oxygen atoms in total. The van der Waals surface area contributed by atoms with Crippen molar-refractivity contribution in [1.82, 2.24) is 0 Å². The molecule has 0 heterocycles. The lowest BCUT2D eigenvalue weighted by Gasteiger charge is -2.12. The molecule has 0 saturated heterocycles. The number of anilines is 1. The van der Waals surface area contributed by atoms with Gasteiger partial charge in [0.2, 0.25) is 0 Å². The third-order valence-electron chi connectivity index (χ3n) is 3.17.